The maximum absolute atomic E-state index is 12.1. The average molecular weight is 531 g/mol. The van der Waals surface area contributed by atoms with Crippen LogP contribution >= 0.6 is 23.2 Å². The first-order chi connectivity index (χ1) is 17.2. The van der Waals surface area contributed by atoms with E-state index in [0.29, 0.717) is 38.2 Å². The number of ether oxygens (including phenoxy) is 2. The number of carbonyl (C=O) groups is 2. The molecule has 0 saturated carbocycles. The number of anilines is 1. The quantitative estimate of drug-likeness (QED) is 0.184. The van der Waals surface area contributed by atoms with Crippen LogP contribution in [-0.2, 0) is 16.2 Å². The molecule has 0 saturated heterocycles. The van der Waals surface area contributed by atoms with Crippen molar-refractivity contribution in [3.05, 3.63) is 91.4 Å². The van der Waals surface area contributed by atoms with Crippen LogP contribution in [-0.4, -0.2) is 30.1 Å². The second-order valence-corrected chi connectivity index (χ2v) is 8.25. The Balaban J connectivity index is 1.62. The topological polar surface area (TPSA) is 132 Å². The average Bonchev–Trinajstić information content (AvgIpc) is 2.81. The minimum atomic E-state index is -0.993. The maximum atomic E-state index is 12.1. The first-order valence-electron chi connectivity index (χ1n) is 10.3. The van der Waals surface area contributed by atoms with Gasteiger partial charge in [-0.05, 0) is 61.0 Å². The second kappa shape index (κ2) is 12.0. The van der Waals surface area contributed by atoms with Gasteiger partial charge in [0.2, 0.25) is 0 Å². The van der Waals surface area contributed by atoms with Crippen LogP contribution in [0.3, 0.4) is 0 Å². The minimum Gasteiger partial charge on any atom is -0.496 e. The van der Waals surface area contributed by atoms with E-state index in [2.05, 4.69) is 15.8 Å². The summed E-state index contributed by atoms with van der Waals surface area (Å²) in [5.74, 6) is -0.937. The van der Waals surface area contributed by atoms with E-state index in [-0.39, 0.29) is 18.0 Å². The van der Waals surface area contributed by atoms with Gasteiger partial charge in [0.1, 0.15) is 18.1 Å². The molecule has 0 fully saturated rings. The van der Waals surface area contributed by atoms with Gasteiger partial charge < -0.3 is 14.8 Å². The lowest BCUT2D eigenvalue weighted by Crippen LogP contribution is -2.32. The van der Waals surface area contributed by atoms with Crippen molar-refractivity contribution in [3.63, 3.8) is 0 Å². The van der Waals surface area contributed by atoms with Gasteiger partial charge in [-0.2, -0.15) is 5.10 Å². The molecule has 0 aliphatic rings. The molecule has 2 amide bonds. The van der Waals surface area contributed by atoms with Gasteiger partial charge in [-0.25, -0.2) is 5.43 Å². The van der Waals surface area contributed by atoms with Gasteiger partial charge >= 0.3 is 11.8 Å². The number of nitro groups is 1. The van der Waals surface area contributed by atoms with Gasteiger partial charge in [-0.3, -0.25) is 19.7 Å². The lowest BCUT2D eigenvalue weighted by molar-refractivity contribution is -0.385. The number of halogens is 2. The molecule has 36 heavy (non-hydrogen) atoms. The van der Waals surface area contributed by atoms with Gasteiger partial charge in [-0.15, -0.1) is 0 Å². The number of aryl methyl sites for hydroxylation is 1. The third-order valence-corrected chi connectivity index (χ3v) is 5.21. The lowest BCUT2D eigenvalue weighted by Gasteiger charge is -2.11. The number of methoxy groups -OCH3 is 1. The fourth-order valence-electron chi connectivity index (χ4n) is 3.11. The highest BCUT2D eigenvalue weighted by molar-refractivity contribution is 6.40. The summed E-state index contributed by atoms with van der Waals surface area (Å²) in [6, 6.07) is 14.0. The smallest absolute Gasteiger partial charge is 0.329 e. The highest BCUT2D eigenvalue weighted by Gasteiger charge is 2.14. The van der Waals surface area contributed by atoms with Crippen molar-refractivity contribution in [1.82, 2.24) is 5.43 Å². The number of benzene rings is 3. The van der Waals surface area contributed by atoms with Crippen molar-refractivity contribution < 1.29 is 24.0 Å². The summed E-state index contributed by atoms with van der Waals surface area (Å²) in [6.45, 7) is 1.74. The van der Waals surface area contributed by atoms with E-state index < -0.39 is 16.7 Å². The van der Waals surface area contributed by atoms with Crippen molar-refractivity contribution >= 4 is 52.6 Å². The summed E-state index contributed by atoms with van der Waals surface area (Å²) in [5.41, 5.74) is 4.15. The van der Waals surface area contributed by atoms with Crippen LogP contribution in [0.2, 0.25) is 10.0 Å². The van der Waals surface area contributed by atoms with E-state index in [0.717, 1.165) is 0 Å². The maximum Gasteiger partial charge on any atom is 0.329 e. The van der Waals surface area contributed by atoms with Gasteiger partial charge in [-0.1, -0.05) is 23.2 Å². The number of amides is 2. The number of nitrogens with zero attached hydrogens (tertiary/aromatic N) is 2. The van der Waals surface area contributed by atoms with Gasteiger partial charge in [0.25, 0.3) is 5.69 Å². The molecule has 0 spiro atoms. The Labute approximate surface area is 216 Å². The van der Waals surface area contributed by atoms with Crippen LogP contribution in [0.4, 0.5) is 11.4 Å². The molecule has 0 atom stereocenters. The molecule has 0 radical (unpaired) electrons. The number of hydrazone groups is 1. The fourth-order valence-corrected chi connectivity index (χ4v) is 3.63. The Morgan fingerprint density at radius 1 is 1.06 bits per heavy atom. The van der Waals surface area contributed by atoms with E-state index in [1.165, 1.54) is 43.7 Å². The number of rotatable bonds is 8. The molecule has 2 N–H and O–H groups in total. The van der Waals surface area contributed by atoms with E-state index in [1.54, 1.807) is 31.2 Å². The molecule has 0 unspecified atom stereocenters. The minimum absolute atomic E-state index is 0.00485. The van der Waals surface area contributed by atoms with Crippen molar-refractivity contribution in [2.75, 3.05) is 12.4 Å². The zero-order valence-corrected chi connectivity index (χ0v) is 20.6. The monoisotopic (exact) mass is 530 g/mol. The molecular weight excluding hydrogens is 511 g/mol. The summed E-state index contributed by atoms with van der Waals surface area (Å²) in [7, 11) is 1.51. The molecule has 0 bridgehead atoms. The van der Waals surface area contributed by atoms with Crippen LogP contribution in [0.1, 0.15) is 16.7 Å². The van der Waals surface area contributed by atoms with Gasteiger partial charge in [0, 0.05) is 32.9 Å². The molecule has 3 rings (SSSR count). The summed E-state index contributed by atoms with van der Waals surface area (Å²) in [4.78, 5) is 34.6. The first-order valence-corrected chi connectivity index (χ1v) is 11.1. The molecule has 12 heteroatoms. The molecule has 10 nitrogen and oxygen atoms in total. The molecule has 3 aromatic carbocycles. The zero-order chi connectivity index (χ0) is 26.2. The van der Waals surface area contributed by atoms with Crippen LogP contribution in [0.15, 0.2) is 59.7 Å². The number of hydrogen-bond donors (Lipinski definition) is 2. The van der Waals surface area contributed by atoms with Crippen molar-refractivity contribution in [1.29, 1.82) is 0 Å². The second-order valence-electron chi connectivity index (χ2n) is 7.38. The Kier molecular flexibility index (Phi) is 8.82. The van der Waals surface area contributed by atoms with E-state index in [9.17, 15) is 19.7 Å². The van der Waals surface area contributed by atoms with Crippen molar-refractivity contribution in [2.24, 2.45) is 5.10 Å². The Morgan fingerprint density at radius 2 is 1.78 bits per heavy atom. The largest absolute Gasteiger partial charge is 0.496 e. The van der Waals surface area contributed by atoms with E-state index in [4.69, 9.17) is 32.7 Å². The van der Waals surface area contributed by atoms with Crippen molar-refractivity contribution in [2.45, 2.75) is 13.5 Å². The molecular formula is C24H20Cl2N4O6. The summed E-state index contributed by atoms with van der Waals surface area (Å²) < 4.78 is 11.1. The van der Waals surface area contributed by atoms with Gasteiger partial charge in [0.05, 0.1) is 18.2 Å². The summed E-state index contributed by atoms with van der Waals surface area (Å²) in [5, 5.41) is 17.8. The number of hydrogen-bond acceptors (Lipinski definition) is 7. The SMILES string of the molecule is COc1ccc(/C=N/NC(=O)C(=O)Nc2cc(Cl)cc(Cl)c2)cc1COc1ccc([N+](=O)[O-])c(C)c1. The normalized spacial score (nSPS) is 10.7. The molecule has 0 heterocycles. The van der Waals surface area contributed by atoms with E-state index >= 15 is 0 Å². The fraction of sp³-hybridized carbons (Fsp3) is 0.125. The number of carbonyl (C=O) groups excluding carboxylic acids is 2. The standard InChI is InChI=1S/C24H20Cl2N4O6/c1-14-7-20(4-5-21(14)30(33)34)36-13-16-8-15(3-6-22(16)35-2)12-27-29-24(32)23(31)28-19-10-17(25)9-18(26)11-19/h3-12H,13H2,1-2H3,(H,28,31)(H,29,32)/b27-12+. The first kappa shape index (κ1) is 26.5. The molecule has 3 aromatic rings. The predicted octanol–water partition coefficient (Wildman–Crippen LogP) is 4.89. The third-order valence-electron chi connectivity index (χ3n) is 4.77. The highest BCUT2D eigenvalue weighted by atomic mass is 35.5. The van der Waals surface area contributed by atoms with E-state index in [1.807, 2.05) is 0 Å². The molecule has 0 aromatic heterocycles. The lowest BCUT2D eigenvalue weighted by atomic mass is 10.1. The Morgan fingerprint density at radius 3 is 2.42 bits per heavy atom. The van der Waals surface area contributed by atoms with Crippen LogP contribution in [0.5, 0.6) is 11.5 Å². The molecule has 0 aliphatic carbocycles. The zero-order valence-electron chi connectivity index (χ0n) is 19.1. The molecule has 0 aliphatic heterocycles. The predicted molar refractivity (Wildman–Crippen MR) is 136 cm³/mol. The summed E-state index contributed by atoms with van der Waals surface area (Å²) >= 11 is 11.8. The highest BCUT2D eigenvalue weighted by Crippen LogP contribution is 2.26. The van der Waals surface area contributed by atoms with Crippen LogP contribution in [0, 0.1) is 17.0 Å². The van der Waals surface area contributed by atoms with Gasteiger partial charge in [0.15, 0.2) is 0 Å². The Bertz CT molecular complexity index is 1330. The third kappa shape index (κ3) is 7.17. The van der Waals surface area contributed by atoms with Crippen LogP contribution < -0.4 is 20.2 Å². The van der Waals surface area contributed by atoms with Crippen molar-refractivity contribution in [3.8, 4) is 11.5 Å². The van der Waals surface area contributed by atoms with Crippen LogP contribution in [0.25, 0.3) is 0 Å². The molecule has 186 valence electrons. The number of nitrogens with one attached hydrogen (secondary N) is 2. The Hall–Kier alpha value is -4.15. The summed E-state index contributed by atoms with van der Waals surface area (Å²) in [6.07, 6.45) is 1.35. The number of nitro benzene ring substituents is 1.